The highest BCUT2D eigenvalue weighted by atomic mass is 16.6. The molecule has 0 spiro atoms. The molecule has 0 radical (unpaired) electrons. The minimum atomic E-state index is -1.26. The highest BCUT2D eigenvalue weighted by Crippen LogP contribution is 2.35. The zero-order valence-corrected chi connectivity index (χ0v) is 16.7. The van der Waals surface area contributed by atoms with Gasteiger partial charge in [0.1, 0.15) is 18.2 Å². The lowest BCUT2D eigenvalue weighted by Crippen LogP contribution is -2.44. The zero-order valence-electron chi connectivity index (χ0n) is 16.7. The van der Waals surface area contributed by atoms with Crippen LogP contribution in [0.3, 0.4) is 0 Å². The quantitative estimate of drug-likeness (QED) is 0.589. The van der Waals surface area contributed by atoms with Gasteiger partial charge in [0.05, 0.1) is 19.3 Å². The molecule has 3 heterocycles. The second kappa shape index (κ2) is 8.36. The molecule has 0 unspecified atom stereocenters. The van der Waals surface area contributed by atoms with Crippen molar-refractivity contribution in [1.29, 1.82) is 0 Å². The van der Waals surface area contributed by atoms with Crippen molar-refractivity contribution in [2.75, 3.05) is 32.2 Å². The fourth-order valence-corrected chi connectivity index (χ4v) is 3.82. The van der Waals surface area contributed by atoms with Gasteiger partial charge in [-0.2, -0.15) is 0 Å². The van der Waals surface area contributed by atoms with Crippen LogP contribution in [-0.4, -0.2) is 77.6 Å². The number of aliphatic carboxylic acids is 1. The highest BCUT2D eigenvalue weighted by Gasteiger charge is 2.50. The Hall–Kier alpha value is -3.05. The lowest BCUT2D eigenvalue weighted by Gasteiger charge is -2.18. The summed E-state index contributed by atoms with van der Waals surface area (Å²) in [6.45, 7) is 0.618. The van der Waals surface area contributed by atoms with E-state index in [-0.39, 0.29) is 49.6 Å². The standard InChI is InChI=1S/C19H24N6O5/c1-24(2)12-5-3-11(4-6-12)19-21-22-23-25(19)14-10-30-17-13(9-29-18(14)17)20-15(26)7-8-16(27)28/h3-6,13-14,17-18H,7-10H2,1-2H3,(H,20,26)(H,27,28)/p-1/t13-,14-,17+,18+/m0/s1. The Balaban J connectivity index is 1.46. The van der Waals surface area contributed by atoms with Gasteiger partial charge in [0.25, 0.3) is 0 Å². The van der Waals surface area contributed by atoms with Gasteiger partial charge in [-0.15, -0.1) is 5.10 Å². The number of carboxylic acid groups (broad SMARTS) is 1. The number of hydrogen-bond acceptors (Lipinski definition) is 9. The third-order valence-corrected chi connectivity index (χ3v) is 5.38. The van der Waals surface area contributed by atoms with Gasteiger partial charge in [0.2, 0.25) is 5.91 Å². The van der Waals surface area contributed by atoms with Gasteiger partial charge in [-0.1, -0.05) is 0 Å². The summed E-state index contributed by atoms with van der Waals surface area (Å²) in [5.41, 5.74) is 1.94. The summed E-state index contributed by atoms with van der Waals surface area (Å²) in [5, 5.41) is 25.5. The number of carboxylic acids is 1. The van der Waals surface area contributed by atoms with Crippen molar-refractivity contribution < 1.29 is 24.2 Å². The summed E-state index contributed by atoms with van der Waals surface area (Å²) in [4.78, 5) is 24.5. The minimum Gasteiger partial charge on any atom is -0.550 e. The summed E-state index contributed by atoms with van der Waals surface area (Å²) in [5.74, 6) is -1.02. The normalized spacial score (nSPS) is 25.1. The van der Waals surface area contributed by atoms with Crippen LogP contribution >= 0.6 is 0 Å². The van der Waals surface area contributed by atoms with E-state index in [9.17, 15) is 14.7 Å². The first-order valence-corrected chi connectivity index (χ1v) is 9.72. The number of anilines is 1. The minimum absolute atomic E-state index is 0.139. The average molecular weight is 415 g/mol. The van der Waals surface area contributed by atoms with Crippen molar-refractivity contribution in [1.82, 2.24) is 25.5 Å². The predicted octanol–water partition coefficient (Wildman–Crippen LogP) is -1.24. The Labute approximate surface area is 172 Å². The smallest absolute Gasteiger partial charge is 0.220 e. The molecule has 4 atom stereocenters. The van der Waals surface area contributed by atoms with Gasteiger partial charge in [-0.05, 0) is 41.1 Å². The zero-order chi connectivity index (χ0) is 21.3. The molecular formula is C19H23N6O5-. The summed E-state index contributed by atoms with van der Waals surface area (Å²) in [6, 6.07) is 7.31. The van der Waals surface area contributed by atoms with Gasteiger partial charge in [-0.3, -0.25) is 4.79 Å². The molecule has 2 saturated heterocycles. The first kappa shape index (κ1) is 20.2. The highest BCUT2D eigenvalue weighted by molar-refractivity contribution is 5.80. The Kier molecular flexibility index (Phi) is 5.64. The van der Waals surface area contributed by atoms with E-state index in [1.54, 1.807) is 4.68 Å². The van der Waals surface area contributed by atoms with E-state index in [2.05, 4.69) is 20.8 Å². The number of carbonyl (C=O) groups is 2. The van der Waals surface area contributed by atoms with Crippen LogP contribution in [0.15, 0.2) is 24.3 Å². The molecule has 1 amide bonds. The molecule has 11 nitrogen and oxygen atoms in total. The Morgan fingerprint density at radius 2 is 1.90 bits per heavy atom. The summed E-state index contributed by atoms with van der Waals surface area (Å²) < 4.78 is 13.5. The maximum absolute atomic E-state index is 12.0. The molecule has 2 aliphatic rings. The predicted molar refractivity (Wildman–Crippen MR) is 102 cm³/mol. The van der Waals surface area contributed by atoms with Crippen molar-refractivity contribution in [2.24, 2.45) is 0 Å². The molecule has 4 rings (SSSR count). The number of fused-ring (bicyclic) bond motifs is 1. The fraction of sp³-hybridized carbons (Fsp3) is 0.526. The average Bonchev–Trinajstić information content (AvgIpc) is 3.43. The molecule has 11 heteroatoms. The van der Waals surface area contributed by atoms with Crippen LogP contribution in [0.2, 0.25) is 0 Å². The van der Waals surface area contributed by atoms with E-state index in [1.807, 2.05) is 43.3 Å². The van der Waals surface area contributed by atoms with E-state index >= 15 is 0 Å². The van der Waals surface area contributed by atoms with Crippen LogP contribution in [0.4, 0.5) is 5.69 Å². The molecule has 2 fully saturated rings. The van der Waals surface area contributed by atoms with E-state index < -0.39 is 5.97 Å². The van der Waals surface area contributed by atoms with Gasteiger partial charge in [-0.25, -0.2) is 4.68 Å². The van der Waals surface area contributed by atoms with E-state index in [0.717, 1.165) is 11.3 Å². The summed E-state index contributed by atoms with van der Waals surface area (Å²) in [7, 11) is 3.94. The number of carbonyl (C=O) groups excluding carboxylic acids is 2. The van der Waals surface area contributed by atoms with Crippen LogP contribution < -0.4 is 15.3 Å². The molecule has 30 heavy (non-hydrogen) atoms. The molecule has 0 bridgehead atoms. The number of hydrogen-bond donors (Lipinski definition) is 1. The fourth-order valence-electron chi connectivity index (χ4n) is 3.82. The van der Waals surface area contributed by atoms with Gasteiger partial charge < -0.3 is 29.6 Å². The number of aromatic nitrogens is 4. The van der Waals surface area contributed by atoms with Gasteiger partial charge in [0.15, 0.2) is 5.82 Å². The second-order valence-electron chi connectivity index (χ2n) is 7.60. The van der Waals surface area contributed by atoms with Crippen molar-refractivity contribution in [2.45, 2.75) is 37.1 Å². The number of nitrogens with zero attached hydrogens (tertiary/aromatic N) is 5. The Morgan fingerprint density at radius 1 is 1.17 bits per heavy atom. The molecule has 2 aliphatic heterocycles. The van der Waals surface area contributed by atoms with Gasteiger partial charge >= 0.3 is 0 Å². The number of ether oxygens (including phenoxy) is 2. The third kappa shape index (κ3) is 3.98. The van der Waals surface area contributed by atoms with Gasteiger partial charge in [0, 0.05) is 37.7 Å². The number of rotatable bonds is 7. The van der Waals surface area contributed by atoms with Crippen molar-refractivity contribution in [3.05, 3.63) is 24.3 Å². The third-order valence-electron chi connectivity index (χ3n) is 5.38. The molecule has 1 N–H and O–H groups in total. The van der Waals surface area contributed by atoms with E-state index in [0.29, 0.717) is 12.4 Å². The Bertz CT molecular complexity index is 914. The summed E-state index contributed by atoms with van der Waals surface area (Å²) >= 11 is 0. The topological polar surface area (TPSA) is 135 Å². The first-order chi connectivity index (χ1) is 14.4. The molecule has 1 aromatic carbocycles. The lowest BCUT2D eigenvalue weighted by atomic mass is 10.1. The molecule has 0 aliphatic carbocycles. The van der Waals surface area contributed by atoms with E-state index in [1.165, 1.54) is 0 Å². The number of nitrogens with one attached hydrogen (secondary N) is 1. The largest absolute Gasteiger partial charge is 0.550 e. The Morgan fingerprint density at radius 3 is 2.60 bits per heavy atom. The first-order valence-electron chi connectivity index (χ1n) is 9.72. The maximum Gasteiger partial charge on any atom is 0.220 e. The monoisotopic (exact) mass is 415 g/mol. The van der Waals surface area contributed by atoms with Crippen LogP contribution in [0.5, 0.6) is 0 Å². The maximum atomic E-state index is 12.0. The second-order valence-corrected chi connectivity index (χ2v) is 7.60. The number of amides is 1. The van der Waals surface area contributed by atoms with Crippen LogP contribution in [0.1, 0.15) is 18.9 Å². The molecular weight excluding hydrogens is 392 g/mol. The SMILES string of the molecule is CN(C)c1ccc(-c2nnnn2[C@H]2CO[C@H]3[C@@H]2OC[C@@H]3NC(=O)CCC(=O)[O-])cc1. The van der Waals surface area contributed by atoms with Crippen LogP contribution in [-0.2, 0) is 19.1 Å². The van der Waals surface area contributed by atoms with Crippen molar-refractivity contribution in [3.63, 3.8) is 0 Å². The summed E-state index contributed by atoms with van der Waals surface area (Å²) in [6.07, 6.45) is -1.13. The molecule has 0 saturated carbocycles. The molecule has 160 valence electrons. The lowest BCUT2D eigenvalue weighted by molar-refractivity contribution is -0.305. The van der Waals surface area contributed by atoms with Crippen LogP contribution in [0, 0.1) is 0 Å². The van der Waals surface area contributed by atoms with E-state index in [4.69, 9.17) is 9.47 Å². The van der Waals surface area contributed by atoms with Crippen LogP contribution in [0.25, 0.3) is 11.4 Å². The van der Waals surface area contributed by atoms with Crippen molar-refractivity contribution >= 4 is 17.6 Å². The molecule has 2 aromatic rings. The number of tetrazole rings is 1. The molecule has 1 aromatic heterocycles. The van der Waals surface area contributed by atoms with Crippen molar-refractivity contribution in [3.8, 4) is 11.4 Å². The number of benzene rings is 1.